The Labute approximate surface area is 216 Å². The lowest BCUT2D eigenvalue weighted by atomic mass is 9.99. The molecule has 0 fully saturated rings. The molecule has 6 aromatic carbocycles. The SMILES string of the molecule is N#Cc1cccc(-c2cc3c4cc5ccccc5cc4n4c3c(c2)n2c3cc5ccccc5cc3nc24)c1. The van der Waals surface area contributed by atoms with Crippen LogP contribution >= 0.6 is 0 Å². The van der Waals surface area contributed by atoms with Crippen LogP contribution in [-0.4, -0.2) is 13.8 Å². The highest BCUT2D eigenvalue weighted by Gasteiger charge is 2.22. The van der Waals surface area contributed by atoms with Gasteiger partial charge in [-0.3, -0.25) is 8.80 Å². The molecule has 38 heavy (non-hydrogen) atoms. The van der Waals surface area contributed by atoms with E-state index in [1.54, 1.807) is 0 Å². The van der Waals surface area contributed by atoms with Gasteiger partial charge in [0.05, 0.1) is 39.2 Å². The molecule has 4 nitrogen and oxygen atoms in total. The zero-order valence-electron chi connectivity index (χ0n) is 20.2. The van der Waals surface area contributed by atoms with Crippen LogP contribution in [0.4, 0.5) is 0 Å². The Kier molecular flexibility index (Phi) is 3.57. The van der Waals surface area contributed by atoms with Crippen LogP contribution in [0.2, 0.25) is 0 Å². The molecule has 0 aliphatic heterocycles. The third-order valence-corrected chi connectivity index (χ3v) is 7.98. The largest absolute Gasteiger partial charge is 0.277 e. The molecule has 9 rings (SSSR count). The summed E-state index contributed by atoms with van der Waals surface area (Å²) in [5.74, 6) is 0.920. The van der Waals surface area contributed by atoms with E-state index < -0.39 is 0 Å². The lowest BCUT2D eigenvalue weighted by Crippen LogP contribution is -1.86. The standard InChI is InChI=1S/C34H18N4/c35-19-20-6-5-11-21(12-20)26-14-28-27-13-22-7-1-3-9-24(22)16-30(27)38-33(28)32(18-26)37-31-17-25-10-4-2-8-23(25)15-29(31)36-34(37)38/h1-18H. The lowest BCUT2D eigenvalue weighted by molar-refractivity contribution is 1.22. The van der Waals surface area contributed by atoms with Gasteiger partial charge in [0.1, 0.15) is 0 Å². The molecule has 3 heterocycles. The van der Waals surface area contributed by atoms with Crippen molar-refractivity contribution in [3.8, 4) is 17.2 Å². The van der Waals surface area contributed by atoms with Gasteiger partial charge in [0, 0.05) is 10.8 Å². The lowest BCUT2D eigenvalue weighted by Gasteiger charge is -2.06. The number of fused-ring (bicyclic) bond motifs is 10. The highest BCUT2D eigenvalue weighted by atomic mass is 15.2. The Bertz CT molecular complexity index is 2470. The summed E-state index contributed by atoms with van der Waals surface area (Å²) in [6.45, 7) is 0. The van der Waals surface area contributed by atoms with Crippen LogP contribution in [0.3, 0.4) is 0 Å². The van der Waals surface area contributed by atoms with Crippen LogP contribution in [0.1, 0.15) is 5.56 Å². The minimum Gasteiger partial charge on any atom is -0.277 e. The highest BCUT2D eigenvalue weighted by Crippen LogP contribution is 2.41. The summed E-state index contributed by atoms with van der Waals surface area (Å²) in [7, 11) is 0. The zero-order chi connectivity index (χ0) is 25.0. The topological polar surface area (TPSA) is 45.5 Å². The molecular weight excluding hydrogens is 464 g/mol. The third kappa shape index (κ3) is 2.45. The van der Waals surface area contributed by atoms with E-state index in [9.17, 15) is 5.26 Å². The second kappa shape index (κ2) is 6.88. The van der Waals surface area contributed by atoms with Crippen LogP contribution in [0.5, 0.6) is 0 Å². The van der Waals surface area contributed by atoms with E-state index in [2.05, 4.69) is 106 Å². The smallest absolute Gasteiger partial charge is 0.220 e. The number of hydrogen-bond acceptors (Lipinski definition) is 2. The van der Waals surface area contributed by atoms with E-state index in [-0.39, 0.29) is 0 Å². The predicted octanol–water partition coefficient (Wildman–Crippen LogP) is 8.33. The molecule has 0 aliphatic rings. The second-order valence-corrected chi connectivity index (χ2v) is 10.1. The third-order valence-electron chi connectivity index (χ3n) is 7.98. The molecule has 0 spiro atoms. The molecule has 0 unspecified atom stereocenters. The number of aromatic nitrogens is 3. The molecule has 3 aromatic heterocycles. The predicted molar refractivity (Wildman–Crippen MR) is 155 cm³/mol. The Morgan fingerprint density at radius 1 is 0.553 bits per heavy atom. The number of rotatable bonds is 1. The van der Waals surface area contributed by atoms with Crippen molar-refractivity contribution in [3.05, 3.63) is 115 Å². The van der Waals surface area contributed by atoms with E-state index >= 15 is 0 Å². The Hall–Kier alpha value is -5.40. The van der Waals surface area contributed by atoms with Crippen molar-refractivity contribution in [2.45, 2.75) is 0 Å². The Morgan fingerprint density at radius 3 is 2.03 bits per heavy atom. The molecule has 174 valence electrons. The minimum atomic E-state index is 0.660. The summed E-state index contributed by atoms with van der Waals surface area (Å²) >= 11 is 0. The Balaban J connectivity index is 1.53. The molecule has 0 N–H and O–H groups in total. The van der Waals surface area contributed by atoms with Crippen LogP contribution in [-0.2, 0) is 0 Å². The van der Waals surface area contributed by atoms with Crippen molar-refractivity contribution < 1.29 is 0 Å². The number of hydrogen-bond donors (Lipinski definition) is 0. The molecule has 0 saturated carbocycles. The van der Waals surface area contributed by atoms with E-state index in [1.807, 2.05) is 18.2 Å². The number of nitrogens with zero attached hydrogens (tertiary/aromatic N) is 4. The van der Waals surface area contributed by atoms with Gasteiger partial charge in [0.25, 0.3) is 0 Å². The van der Waals surface area contributed by atoms with Crippen molar-refractivity contribution in [1.82, 2.24) is 13.8 Å². The highest BCUT2D eigenvalue weighted by molar-refractivity contribution is 6.20. The van der Waals surface area contributed by atoms with Crippen LogP contribution < -0.4 is 0 Å². The summed E-state index contributed by atoms with van der Waals surface area (Å²) in [4.78, 5) is 5.20. The first-order valence-corrected chi connectivity index (χ1v) is 12.7. The van der Waals surface area contributed by atoms with Crippen molar-refractivity contribution >= 4 is 65.7 Å². The monoisotopic (exact) mass is 482 g/mol. The first kappa shape index (κ1) is 19.7. The number of benzene rings is 6. The fraction of sp³-hybridized carbons (Fsp3) is 0. The van der Waals surface area contributed by atoms with E-state index in [4.69, 9.17) is 4.98 Å². The Morgan fingerprint density at radius 2 is 1.26 bits per heavy atom. The normalized spacial score (nSPS) is 12.2. The van der Waals surface area contributed by atoms with Gasteiger partial charge >= 0.3 is 0 Å². The van der Waals surface area contributed by atoms with Crippen LogP contribution in [0, 0.1) is 11.3 Å². The quantitative estimate of drug-likeness (QED) is 0.236. The minimum absolute atomic E-state index is 0.660. The zero-order valence-corrected chi connectivity index (χ0v) is 20.2. The van der Waals surface area contributed by atoms with E-state index in [1.165, 1.54) is 37.8 Å². The van der Waals surface area contributed by atoms with Crippen LogP contribution in [0.25, 0.3) is 76.8 Å². The maximum Gasteiger partial charge on any atom is 0.220 e. The van der Waals surface area contributed by atoms with Gasteiger partial charge in [0.15, 0.2) is 0 Å². The first-order valence-electron chi connectivity index (χ1n) is 12.7. The van der Waals surface area contributed by atoms with Crippen LogP contribution in [0.15, 0.2) is 109 Å². The fourth-order valence-corrected chi connectivity index (χ4v) is 6.26. The van der Waals surface area contributed by atoms with Gasteiger partial charge in [-0.05, 0) is 81.2 Å². The van der Waals surface area contributed by atoms with Crippen molar-refractivity contribution in [1.29, 1.82) is 5.26 Å². The van der Waals surface area contributed by atoms with Crippen molar-refractivity contribution in [2.24, 2.45) is 0 Å². The van der Waals surface area contributed by atoms with Gasteiger partial charge in [-0.2, -0.15) is 5.26 Å². The molecule has 0 radical (unpaired) electrons. The average molecular weight is 483 g/mol. The molecular formula is C34H18N4. The molecule has 9 aromatic rings. The average Bonchev–Trinajstić information content (AvgIpc) is 3.59. The first-order chi connectivity index (χ1) is 18.8. The summed E-state index contributed by atoms with van der Waals surface area (Å²) in [5.41, 5.74) is 8.31. The maximum absolute atomic E-state index is 9.54. The summed E-state index contributed by atoms with van der Waals surface area (Å²) in [6, 6.07) is 40.7. The fourth-order valence-electron chi connectivity index (χ4n) is 6.26. The molecule has 0 saturated heterocycles. The van der Waals surface area contributed by atoms with Gasteiger partial charge in [-0.25, -0.2) is 4.98 Å². The van der Waals surface area contributed by atoms with E-state index in [0.29, 0.717) is 5.56 Å². The molecule has 0 amide bonds. The number of nitriles is 1. The molecule has 0 bridgehead atoms. The van der Waals surface area contributed by atoms with Crippen molar-refractivity contribution in [3.63, 3.8) is 0 Å². The molecule has 0 aliphatic carbocycles. The number of imidazole rings is 2. The van der Waals surface area contributed by atoms with Gasteiger partial charge in [-0.15, -0.1) is 0 Å². The van der Waals surface area contributed by atoms with Gasteiger partial charge in [0.2, 0.25) is 5.78 Å². The van der Waals surface area contributed by atoms with Gasteiger partial charge < -0.3 is 0 Å². The van der Waals surface area contributed by atoms with E-state index in [0.717, 1.165) is 39.0 Å². The summed E-state index contributed by atoms with van der Waals surface area (Å²) in [5, 5.41) is 16.8. The maximum atomic E-state index is 9.54. The second-order valence-electron chi connectivity index (χ2n) is 10.1. The molecule has 0 atom stereocenters. The summed E-state index contributed by atoms with van der Waals surface area (Å²) in [6.07, 6.45) is 0. The molecule has 4 heteroatoms. The summed E-state index contributed by atoms with van der Waals surface area (Å²) < 4.78 is 4.63. The van der Waals surface area contributed by atoms with Crippen molar-refractivity contribution in [2.75, 3.05) is 0 Å². The van der Waals surface area contributed by atoms with Gasteiger partial charge in [-0.1, -0.05) is 60.7 Å².